The second-order valence-corrected chi connectivity index (χ2v) is 5.70. The fraction of sp³-hybridized carbons (Fsp3) is 0.300. The van der Waals surface area contributed by atoms with Crippen LogP contribution in [0, 0.1) is 6.92 Å². The van der Waals surface area contributed by atoms with Crippen LogP contribution in [-0.2, 0) is 14.8 Å². The molecule has 0 radical (unpaired) electrons. The van der Waals surface area contributed by atoms with E-state index in [0.717, 1.165) is 5.56 Å². The molecule has 17 heavy (non-hydrogen) atoms. The lowest BCUT2D eigenvalue weighted by molar-refractivity contribution is -0.138. The predicted molar refractivity (Wildman–Crippen MR) is 63.6 cm³/mol. The van der Waals surface area contributed by atoms with Crippen molar-refractivity contribution in [2.75, 3.05) is 0 Å². The molecule has 0 amide bonds. The molecule has 0 heterocycles. The van der Waals surface area contributed by atoms with Crippen molar-refractivity contribution in [2.24, 2.45) is 0 Å². The lowest BCUT2D eigenvalue weighted by Gasteiger charge is -2.11. The molecular formula is C10H12ClNO4S. The van der Waals surface area contributed by atoms with Crippen molar-refractivity contribution < 1.29 is 18.3 Å². The van der Waals surface area contributed by atoms with Gasteiger partial charge in [-0.25, -0.2) is 8.42 Å². The maximum Gasteiger partial charge on any atom is 0.321 e. The molecule has 5 nitrogen and oxygen atoms in total. The van der Waals surface area contributed by atoms with Gasteiger partial charge < -0.3 is 5.11 Å². The standard InChI is InChI=1S/C10H12ClNO4S/c1-6-3-4-8(11)9(5-6)17(15,16)12-7(2)10(13)14/h3-5,7,12H,1-2H3,(H,13,14)/t7-/m1/s1. The Kier molecular flexibility index (Phi) is 4.13. The molecule has 0 bridgehead atoms. The number of carboxylic acid groups (broad SMARTS) is 1. The molecule has 0 aliphatic rings. The largest absolute Gasteiger partial charge is 0.480 e. The molecule has 1 rings (SSSR count). The van der Waals surface area contributed by atoms with Gasteiger partial charge in [-0.1, -0.05) is 17.7 Å². The van der Waals surface area contributed by atoms with Crippen LogP contribution in [0.3, 0.4) is 0 Å². The van der Waals surface area contributed by atoms with Gasteiger partial charge in [0.2, 0.25) is 10.0 Å². The Hall–Kier alpha value is -1.11. The van der Waals surface area contributed by atoms with Crippen molar-refractivity contribution in [1.82, 2.24) is 4.72 Å². The molecule has 0 fully saturated rings. The van der Waals surface area contributed by atoms with Crippen molar-refractivity contribution in [1.29, 1.82) is 0 Å². The van der Waals surface area contributed by atoms with E-state index in [1.54, 1.807) is 13.0 Å². The summed E-state index contributed by atoms with van der Waals surface area (Å²) in [5.41, 5.74) is 0.720. The summed E-state index contributed by atoms with van der Waals surface area (Å²) in [4.78, 5) is 10.5. The van der Waals surface area contributed by atoms with E-state index < -0.39 is 22.0 Å². The van der Waals surface area contributed by atoms with Crippen molar-refractivity contribution in [3.8, 4) is 0 Å². The Bertz CT molecular complexity index is 541. The zero-order valence-electron chi connectivity index (χ0n) is 9.27. The summed E-state index contributed by atoms with van der Waals surface area (Å²) < 4.78 is 25.8. The summed E-state index contributed by atoms with van der Waals surface area (Å²) >= 11 is 5.78. The van der Waals surface area contributed by atoms with Crippen LogP contribution in [0.4, 0.5) is 0 Å². The molecule has 0 aromatic heterocycles. The van der Waals surface area contributed by atoms with E-state index in [9.17, 15) is 13.2 Å². The van der Waals surface area contributed by atoms with Crippen LogP contribution in [0.1, 0.15) is 12.5 Å². The first-order valence-electron chi connectivity index (χ1n) is 4.75. The highest BCUT2D eigenvalue weighted by atomic mass is 35.5. The zero-order chi connectivity index (χ0) is 13.2. The molecule has 94 valence electrons. The fourth-order valence-corrected chi connectivity index (χ4v) is 2.94. The Morgan fingerprint density at radius 3 is 2.59 bits per heavy atom. The maximum atomic E-state index is 11.9. The highest BCUT2D eigenvalue weighted by Gasteiger charge is 2.23. The van der Waals surface area contributed by atoms with Gasteiger partial charge in [-0.15, -0.1) is 0 Å². The molecule has 1 aromatic rings. The summed E-state index contributed by atoms with van der Waals surface area (Å²) in [7, 11) is -3.92. The summed E-state index contributed by atoms with van der Waals surface area (Å²) in [5.74, 6) is -1.25. The Labute approximate surface area is 104 Å². The van der Waals surface area contributed by atoms with Crippen LogP contribution in [0.5, 0.6) is 0 Å². The second-order valence-electron chi connectivity index (χ2n) is 3.62. The predicted octanol–water partition coefficient (Wildman–Crippen LogP) is 1.40. The summed E-state index contributed by atoms with van der Waals surface area (Å²) in [6.45, 7) is 2.96. The quantitative estimate of drug-likeness (QED) is 0.871. The first kappa shape index (κ1) is 14.0. The third-order valence-electron chi connectivity index (χ3n) is 2.08. The smallest absolute Gasteiger partial charge is 0.321 e. The van der Waals surface area contributed by atoms with E-state index in [1.165, 1.54) is 19.1 Å². The van der Waals surface area contributed by atoms with Crippen molar-refractivity contribution in [3.63, 3.8) is 0 Å². The summed E-state index contributed by atoms with van der Waals surface area (Å²) in [5, 5.41) is 8.71. The van der Waals surface area contributed by atoms with Gasteiger partial charge in [-0.3, -0.25) is 4.79 Å². The number of benzene rings is 1. The highest BCUT2D eigenvalue weighted by molar-refractivity contribution is 7.89. The number of hydrogen-bond acceptors (Lipinski definition) is 3. The minimum Gasteiger partial charge on any atom is -0.480 e. The maximum absolute atomic E-state index is 11.9. The molecule has 1 atom stereocenters. The average molecular weight is 278 g/mol. The van der Waals surface area contributed by atoms with Crippen molar-refractivity contribution in [2.45, 2.75) is 24.8 Å². The normalized spacial score (nSPS) is 13.4. The minimum atomic E-state index is -3.92. The second kappa shape index (κ2) is 5.03. The topological polar surface area (TPSA) is 83.5 Å². The van der Waals surface area contributed by atoms with E-state index in [4.69, 9.17) is 16.7 Å². The first-order valence-corrected chi connectivity index (χ1v) is 6.61. The van der Waals surface area contributed by atoms with Gasteiger partial charge >= 0.3 is 5.97 Å². The Morgan fingerprint density at radius 1 is 1.47 bits per heavy atom. The van der Waals surface area contributed by atoms with Crippen LogP contribution in [0.15, 0.2) is 23.1 Å². The van der Waals surface area contributed by atoms with E-state index in [1.807, 2.05) is 4.72 Å². The third-order valence-corrected chi connectivity index (χ3v) is 4.10. The van der Waals surface area contributed by atoms with Gasteiger partial charge in [0.25, 0.3) is 0 Å². The van der Waals surface area contributed by atoms with E-state index in [0.29, 0.717) is 0 Å². The fourth-order valence-electron chi connectivity index (χ4n) is 1.16. The van der Waals surface area contributed by atoms with E-state index in [-0.39, 0.29) is 9.92 Å². The van der Waals surface area contributed by atoms with Crippen LogP contribution < -0.4 is 4.72 Å². The number of carbonyl (C=O) groups is 1. The summed E-state index contributed by atoms with van der Waals surface area (Å²) in [6.07, 6.45) is 0. The number of carboxylic acids is 1. The lowest BCUT2D eigenvalue weighted by Crippen LogP contribution is -2.38. The van der Waals surface area contributed by atoms with E-state index >= 15 is 0 Å². The van der Waals surface area contributed by atoms with Crippen LogP contribution in [-0.4, -0.2) is 25.5 Å². The van der Waals surface area contributed by atoms with Crippen molar-refractivity contribution >= 4 is 27.6 Å². The molecule has 2 N–H and O–H groups in total. The highest BCUT2D eigenvalue weighted by Crippen LogP contribution is 2.22. The Balaban J connectivity index is 3.13. The summed E-state index contributed by atoms with van der Waals surface area (Å²) in [6, 6.07) is 3.30. The molecule has 0 unspecified atom stereocenters. The monoisotopic (exact) mass is 277 g/mol. The first-order chi connectivity index (χ1) is 7.74. The molecule has 0 aliphatic carbocycles. The van der Waals surface area contributed by atoms with Crippen molar-refractivity contribution in [3.05, 3.63) is 28.8 Å². The zero-order valence-corrected chi connectivity index (χ0v) is 10.8. The van der Waals surface area contributed by atoms with Gasteiger partial charge in [0.05, 0.1) is 5.02 Å². The van der Waals surface area contributed by atoms with E-state index in [2.05, 4.69) is 0 Å². The average Bonchev–Trinajstić information content (AvgIpc) is 2.20. The minimum absolute atomic E-state index is 0.0562. The van der Waals surface area contributed by atoms with Gasteiger partial charge in [-0.05, 0) is 31.5 Å². The number of rotatable bonds is 4. The van der Waals surface area contributed by atoms with Gasteiger partial charge in [0.15, 0.2) is 0 Å². The number of nitrogens with one attached hydrogen (secondary N) is 1. The van der Waals surface area contributed by atoms with Crippen LogP contribution in [0.2, 0.25) is 5.02 Å². The molecule has 0 saturated heterocycles. The lowest BCUT2D eigenvalue weighted by atomic mass is 10.2. The molecule has 0 spiro atoms. The number of hydrogen-bond donors (Lipinski definition) is 2. The van der Waals surface area contributed by atoms with Gasteiger partial charge in [0, 0.05) is 0 Å². The SMILES string of the molecule is Cc1ccc(Cl)c(S(=O)(=O)N[C@H](C)C(=O)O)c1. The molecule has 0 saturated carbocycles. The van der Waals surface area contributed by atoms with Gasteiger partial charge in [-0.2, -0.15) is 4.72 Å². The van der Waals surface area contributed by atoms with Gasteiger partial charge in [0.1, 0.15) is 10.9 Å². The molecule has 7 heteroatoms. The molecule has 0 aliphatic heterocycles. The van der Waals surface area contributed by atoms with Crippen LogP contribution >= 0.6 is 11.6 Å². The molecular weight excluding hydrogens is 266 g/mol. The van der Waals surface area contributed by atoms with Crippen LogP contribution in [0.25, 0.3) is 0 Å². The Morgan fingerprint density at radius 2 is 2.06 bits per heavy atom. The number of sulfonamides is 1. The number of aryl methyl sites for hydroxylation is 1. The number of aliphatic carboxylic acids is 1. The molecule has 1 aromatic carbocycles. The third kappa shape index (κ3) is 3.42. The number of halogens is 1.